The van der Waals surface area contributed by atoms with E-state index in [4.69, 9.17) is 9.26 Å². The van der Waals surface area contributed by atoms with Gasteiger partial charge in [-0.05, 0) is 52.1 Å². The van der Waals surface area contributed by atoms with Crippen molar-refractivity contribution in [1.29, 1.82) is 0 Å². The molecule has 1 N–H and O–H groups in total. The van der Waals surface area contributed by atoms with Gasteiger partial charge in [-0.15, -0.1) is 11.3 Å². The van der Waals surface area contributed by atoms with Gasteiger partial charge in [-0.1, -0.05) is 5.16 Å². The predicted molar refractivity (Wildman–Crippen MR) is 99.0 cm³/mol. The number of hydrogen-bond acceptors (Lipinski definition) is 7. The highest BCUT2D eigenvalue weighted by Crippen LogP contribution is 2.34. The Bertz CT molecular complexity index is 826. The van der Waals surface area contributed by atoms with E-state index in [1.807, 2.05) is 45.2 Å². The Labute approximate surface area is 151 Å². The largest absolute Gasteiger partial charge is 0.494 e. The van der Waals surface area contributed by atoms with E-state index in [0.717, 1.165) is 33.3 Å². The van der Waals surface area contributed by atoms with Gasteiger partial charge in [0.25, 0.3) is 5.89 Å². The SMILES string of the molecule is CCOc1ccc(-c2nc(C)c(-c3nc(CC(C)NC)no3)s2)cc1. The molecule has 0 saturated heterocycles. The van der Waals surface area contributed by atoms with Crippen molar-refractivity contribution < 1.29 is 9.26 Å². The first-order valence-electron chi connectivity index (χ1n) is 8.31. The molecule has 0 amide bonds. The summed E-state index contributed by atoms with van der Waals surface area (Å²) in [6, 6.07) is 8.24. The first-order valence-corrected chi connectivity index (χ1v) is 9.13. The molecule has 1 aromatic carbocycles. The van der Waals surface area contributed by atoms with Crippen molar-refractivity contribution in [2.24, 2.45) is 0 Å². The van der Waals surface area contributed by atoms with Gasteiger partial charge in [-0.25, -0.2) is 4.98 Å². The molecule has 25 heavy (non-hydrogen) atoms. The molecular formula is C18H22N4O2S. The standard InChI is InChI=1S/C18H22N4O2S/c1-5-23-14-8-6-13(7-9-14)18-20-12(3)16(25-18)17-21-15(22-24-17)10-11(2)19-4/h6-9,11,19H,5,10H2,1-4H3. The van der Waals surface area contributed by atoms with Gasteiger partial charge in [0.15, 0.2) is 5.82 Å². The van der Waals surface area contributed by atoms with Gasteiger partial charge in [-0.3, -0.25) is 0 Å². The van der Waals surface area contributed by atoms with Gasteiger partial charge >= 0.3 is 0 Å². The van der Waals surface area contributed by atoms with E-state index in [-0.39, 0.29) is 0 Å². The lowest BCUT2D eigenvalue weighted by atomic mass is 10.2. The van der Waals surface area contributed by atoms with E-state index in [9.17, 15) is 0 Å². The van der Waals surface area contributed by atoms with Crippen LogP contribution in [0.25, 0.3) is 21.3 Å². The highest BCUT2D eigenvalue weighted by molar-refractivity contribution is 7.18. The summed E-state index contributed by atoms with van der Waals surface area (Å²) in [5, 5.41) is 8.17. The number of benzene rings is 1. The molecule has 2 aromatic heterocycles. The fourth-order valence-electron chi connectivity index (χ4n) is 2.38. The average molecular weight is 358 g/mol. The van der Waals surface area contributed by atoms with Crippen LogP contribution in [0.4, 0.5) is 0 Å². The van der Waals surface area contributed by atoms with Gasteiger partial charge in [0, 0.05) is 18.0 Å². The van der Waals surface area contributed by atoms with Crippen molar-refractivity contribution in [2.45, 2.75) is 33.2 Å². The summed E-state index contributed by atoms with van der Waals surface area (Å²) in [4.78, 5) is 10.1. The second-order valence-electron chi connectivity index (χ2n) is 5.80. The Morgan fingerprint density at radius 2 is 2.00 bits per heavy atom. The Morgan fingerprint density at radius 3 is 2.68 bits per heavy atom. The maximum Gasteiger partial charge on any atom is 0.269 e. The fourth-order valence-corrected chi connectivity index (χ4v) is 3.38. The van der Waals surface area contributed by atoms with Gasteiger partial charge in [-0.2, -0.15) is 4.98 Å². The zero-order valence-electron chi connectivity index (χ0n) is 14.9. The fraction of sp³-hybridized carbons (Fsp3) is 0.389. The van der Waals surface area contributed by atoms with E-state index in [0.29, 0.717) is 24.4 Å². The van der Waals surface area contributed by atoms with Crippen LogP contribution in [0.5, 0.6) is 5.75 Å². The third-order valence-electron chi connectivity index (χ3n) is 3.85. The van der Waals surface area contributed by atoms with Crippen LogP contribution < -0.4 is 10.1 Å². The number of likely N-dealkylation sites (N-methyl/N-ethyl adjacent to an activating group) is 1. The molecule has 3 aromatic rings. The minimum atomic E-state index is 0.299. The molecule has 0 aliphatic carbocycles. The number of thiazole rings is 1. The summed E-state index contributed by atoms with van der Waals surface area (Å²) >= 11 is 1.56. The van der Waals surface area contributed by atoms with Crippen LogP contribution in [-0.4, -0.2) is 34.8 Å². The Kier molecular flexibility index (Phi) is 5.45. The minimum absolute atomic E-state index is 0.299. The zero-order valence-corrected chi connectivity index (χ0v) is 15.7. The quantitative estimate of drug-likeness (QED) is 0.694. The molecule has 132 valence electrons. The molecule has 7 heteroatoms. The maximum atomic E-state index is 5.48. The monoisotopic (exact) mass is 358 g/mol. The van der Waals surface area contributed by atoms with E-state index in [1.54, 1.807) is 11.3 Å². The Balaban J connectivity index is 1.82. The minimum Gasteiger partial charge on any atom is -0.494 e. The highest BCUT2D eigenvalue weighted by Gasteiger charge is 2.18. The van der Waals surface area contributed by atoms with Crippen LogP contribution in [0, 0.1) is 6.92 Å². The number of ether oxygens (including phenoxy) is 1. The summed E-state index contributed by atoms with van der Waals surface area (Å²) in [5.74, 6) is 2.10. The summed E-state index contributed by atoms with van der Waals surface area (Å²) < 4.78 is 10.9. The second kappa shape index (κ2) is 7.76. The van der Waals surface area contributed by atoms with Crippen molar-refractivity contribution in [1.82, 2.24) is 20.4 Å². The molecule has 0 saturated carbocycles. The van der Waals surface area contributed by atoms with Crippen molar-refractivity contribution in [2.75, 3.05) is 13.7 Å². The molecule has 0 bridgehead atoms. The Hall–Kier alpha value is -2.25. The number of rotatable bonds is 7. The van der Waals surface area contributed by atoms with E-state index >= 15 is 0 Å². The topological polar surface area (TPSA) is 73.1 Å². The predicted octanol–water partition coefficient (Wildman–Crippen LogP) is 3.72. The number of aryl methyl sites for hydroxylation is 1. The van der Waals surface area contributed by atoms with E-state index < -0.39 is 0 Å². The summed E-state index contributed by atoms with van der Waals surface area (Å²) in [6.07, 6.45) is 0.726. The molecule has 1 unspecified atom stereocenters. The highest BCUT2D eigenvalue weighted by atomic mass is 32.1. The molecule has 3 rings (SSSR count). The Morgan fingerprint density at radius 1 is 1.24 bits per heavy atom. The van der Waals surface area contributed by atoms with Crippen molar-refractivity contribution >= 4 is 11.3 Å². The number of nitrogens with one attached hydrogen (secondary N) is 1. The van der Waals surface area contributed by atoms with Gasteiger partial charge in [0.1, 0.15) is 15.6 Å². The van der Waals surface area contributed by atoms with Gasteiger partial charge in [0.2, 0.25) is 0 Å². The van der Waals surface area contributed by atoms with Crippen LogP contribution in [0.3, 0.4) is 0 Å². The third kappa shape index (κ3) is 4.05. The lowest BCUT2D eigenvalue weighted by molar-refractivity contribution is 0.340. The number of nitrogens with zero attached hydrogens (tertiary/aromatic N) is 3. The average Bonchev–Trinajstić information content (AvgIpc) is 3.22. The molecule has 2 heterocycles. The lowest BCUT2D eigenvalue weighted by Crippen LogP contribution is -2.24. The summed E-state index contributed by atoms with van der Waals surface area (Å²) in [7, 11) is 1.92. The third-order valence-corrected chi connectivity index (χ3v) is 5.05. The van der Waals surface area contributed by atoms with E-state index in [1.165, 1.54) is 0 Å². The number of aromatic nitrogens is 3. The normalized spacial score (nSPS) is 12.3. The number of hydrogen-bond donors (Lipinski definition) is 1. The van der Waals surface area contributed by atoms with Gasteiger partial charge in [0.05, 0.1) is 12.3 Å². The molecule has 0 aliphatic rings. The van der Waals surface area contributed by atoms with Crippen molar-refractivity contribution in [3.05, 3.63) is 35.8 Å². The van der Waals surface area contributed by atoms with Crippen molar-refractivity contribution in [3.63, 3.8) is 0 Å². The van der Waals surface area contributed by atoms with Crippen LogP contribution >= 0.6 is 11.3 Å². The summed E-state index contributed by atoms with van der Waals surface area (Å²) in [6.45, 7) is 6.67. The lowest BCUT2D eigenvalue weighted by Gasteiger charge is -2.04. The van der Waals surface area contributed by atoms with Crippen molar-refractivity contribution in [3.8, 4) is 27.1 Å². The van der Waals surface area contributed by atoms with Gasteiger partial charge < -0.3 is 14.6 Å². The van der Waals surface area contributed by atoms with Crippen LogP contribution in [-0.2, 0) is 6.42 Å². The first-order chi connectivity index (χ1) is 12.1. The van der Waals surface area contributed by atoms with Crippen LogP contribution in [0.1, 0.15) is 25.4 Å². The second-order valence-corrected chi connectivity index (χ2v) is 6.80. The molecule has 0 fully saturated rings. The summed E-state index contributed by atoms with van der Waals surface area (Å²) in [5.41, 5.74) is 1.94. The molecule has 1 atom stereocenters. The molecule has 6 nitrogen and oxygen atoms in total. The molecular weight excluding hydrogens is 336 g/mol. The smallest absolute Gasteiger partial charge is 0.269 e. The van der Waals surface area contributed by atoms with Crippen LogP contribution in [0.15, 0.2) is 28.8 Å². The zero-order chi connectivity index (χ0) is 17.8. The van der Waals surface area contributed by atoms with E-state index in [2.05, 4.69) is 27.4 Å². The molecule has 0 aliphatic heterocycles. The molecule has 0 spiro atoms. The first kappa shape index (κ1) is 17.6. The maximum absolute atomic E-state index is 5.48. The van der Waals surface area contributed by atoms with Crippen LogP contribution in [0.2, 0.25) is 0 Å². The molecule has 0 radical (unpaired) electrons.